The van der Waals surface area contributed by atoms with Crippen molar-refractivity contribution in [3.63, 3.8) is 0 Å². The number of hydrogen-bond donors (Lipinski definition) is 0. The molecule has 2 unspecified atom stereocenters. The average Bonchev–Trinajstić information content (AvgIpc) is 3.03. The van der Waals surface area contributed by atoms with E-state index in [1.807, 2.05) is 18.2 Å². The zero-order valence-corrected chi connectivity index (χ0v) is 18.3. The highest BCUT2D eigenvalue weighted by molar-refractivity contribution is 6.39. The predicted octanol–water partition coefficient (Wildman–Crippen LogP) is 6.32. The van der Waals surface area contributed by atoms with Crippen molar-refractivity contribution in [2.45, 2.75) is 69.5 Å². The molecule has 1 aromatic carbocycles. The van der Waals surface area contributed by atoms with Crippen molar-refractivity contribution in [3.05, 3.63) is 39.6 Å². The highest BCUT2D eigenvalue weighted by Gasteiger charge is 2.53. The molecule has 2 aromatic rings. The van der Waals surface area contributed by atoms with E-state index in [1.54, 1.807) is 0 Å². The summed E-state index contributed by atoms with van der Waals surface area (Å²) in [5.41, 5.74) is 2.27. The maximum atomic E-state index is 6.44. The smallest absolute Gasteiger partial charge is 0.184 e. The molecule has 3 saturated carbocycles. The van der Waals surface area contributed by atoms with E-state index in [1.165, 1.54) is 19.3 Å². The molecular weight excluding hydrogens is 425 g/mol. The number of halogens is 2. The summed E-state index contributed by atoms with van der Waals surface area (Å²) >= 11 is 12.9. The van der Waals surface area contributed by atoms with Gasteiger partial charge in [-0.2, -0.15) is 0 Å². The van der Waals surface area contributed by atoms with Crippen LogP contribution in [-0.4, -0.2) is 23.8 Å². The van der Waals surface area contributed by atoms with E-state index in [2.05, 4.69) is 5.16 Å². The molecule has 4 atom stereocenters. The largest absolute Gasteiger partial charge is 0.360 e. The Hall–Kier alpha value is -1.11. The van der Waals surface area contributed by atoms with Gasteiger partial charge in [0.2, 0.25) is 0 Å². The van der Waals surface area contributed by atoms with Crippen molar-refractivity contribution < 1.29 is 18.7 Å². The zero-order valence-electron chi connectivity index (χ0n) is 16.7. The second-order valence-electron chi connectivity index (χ2n) is 9.18. The first kappa shape index (κ1) is 19.6. The SMILES string of the molecule is Clc1cccc(Cl)c1-c1noc(C2CC2)c1COC1COC2(C[C@H]3CCC[C@H]3C2)O1. The Balaban J connectivity index is 1.21. The lowest BCUT2D eigenvalue weighted by Gasteiger charge is -2.23. The van der Waals surface area contributed by atoms with Crippen LogP contribution in [0.25, 0.3) is 11.3 Å². The molecule has 1 spiro atoms. The van der Waals surface area contributed by atoms with Crippen molar-refractivity contribution in [3.8, 4) is 11.3 Å². The summed E-state index contributed by atoms with van der Waals surface area (Å²) in [4.78, 5) is 0. The van der Waals surface area contributed by atoms with Gasteiger partial charge in [0, 0.05) is 29.9 Å². The summed E-state index contributed by atoms with van der Waals surface area (Å²) < 4.78 is 24.3. The summed E-state index contributed by atoms with van der Waals surface area (Å²) in [6.45, 7) is 0.800. The third-order valence-electron chi connectivity index (χ3n) is 7.17. The summed E-state index contributed by atoms with van der Waals surface area (Å²) in [5.74, 6) is 2.33. The van der Waals surface area contributed by atoms with Gasteiger partial charge in [-0.3, -0.25) is 0 Å². The van der Waals surface area contributed by atoms with Crippen molar-refractivity contribution in [1.29, 1.82) is 0 Å². The van der Waals surface area contributed by atoms with E-state index >= 15 is 0 Å². The van der Waals surface area contributed by atoms with E-state index in [0.29, 0.717) is 40.4 Å². The number of benzene rings is 1. The molecule has 1 aromatic heterocycles. The maximum Gasteiger partial charge on any atom is 0.184 e. The number of hydrogen-bond acceptors (Lipinski definition) is 5. The highest BCUT2D eigenvalue weighted by Crippen LogP contribution is 2.53. The van der Waals surface area contributed by atoms with Gasteiger partial charge in [-0.25, -0.2) is 0 Å². The van der Waals surface area contributed by atoms with E-state index in [9.17, 15) is 0 Å². The molecule has 5 nitrogen and oxygen atoms in total. The van der Waals surface area contributed by atoms with Gasteiger partial charge < -0.3 is 18.7 Å². The van der Waals surface area contributed by atoms with Crippen LogP contribution >= 0.6 is 23.2 Å². The molecule has 0 radical (unpaired) electrons. The van der Waals surface area contributed by atoms with E-state index in [-0.39, 0.29) is 6.29 Å². The van der Waals surface area contributed by atoms with Gasteiger partial charge in [-0.05, 0) is 49.7 Å². The summed E-state index contributed by atoms with van der Waals surface area (Å²) in [6.07, 6.45) is 7.78. The summed E-state index contributed by atoms with van der Waals surface area (Å²) in [6, 6.07) is 5.45. The van der Waals surface area contributed by atoms with Gasteiger partial charge in [0.1, 0.15) is 18.1 Å². The van der Waals surface area contributed by atoms with Crippen LogP contribution in [0.4, 0.5) is 0 Å². The van der Waals surface area contributed by atoms with Gasteiger partial charge in [0.05, 0.1) is 16.7 Å². The van der Waals surface area contributed by atoms with Gasteiger partial charge in [0.25, 0.3) is 0 Å². The Kier molecular flexibility index (Phi) is 4.88. The van der Waals surface area contributed by atoms with Crippen LogP contribution in [-0.2, 0) is 20.8 Å². The van der Waals surface area contributed by atoms with Gasteiger partial charge in [-0.1, -0.05) is 40.8 Å². The van der Waals surface area contributed by atoms with E-state index < -0.39 is 5.79 Å². The Morgan fingerprint density at radius 1 is 1.07 bits per heavy atom. The standard InChI is InChI=1S/C23H25Cl2NO4/c24-17-5-2-6-18(25)20(17)21-16(22(30-26-21)13-7-8-13)11-27-19-12-28-23(29-19)9-14-3-1-4-15(14)10-23/h2,5-6,13-15,19H,1,3-4,7-12H2/t14-,15+,19?,23?. The zero-order chi connectivity index (χ0) is 20.3. The van der Waals surface area contributed by atoms with Crippen LogP contribution in [0.2, 0.25) is 10.0 Å². The van der Waals surface area contributed by atoms with Crippen LogP contribution in [0, 0.1) is 11.8 Å². The average molecular weight is 450 g/mol. The number of rotatable bonds is 5. The molecule has 4 fully saturated rings. The van der Waals surface area contributed by atoms with E-state index in [4.69, 9.17) is 41.9 Å². The molecule has 30 heavy (non-hydrogen) atoms. The fourth-order valence-electron chi connectivity index (χ4n) is 5.58. The minimum Gasteiger partial charge on any atom is -0.360 e. The lowest BCUT2D eigenvalue weighted by molar-refractivity contribution is -0.212. The normalized spacial score (nSPS) is 32.9. The van der Waals surface area contributed by atoms with Crippen LogP contribution in [0.5, 0.6) is 0 Å². The van der Waals surface area contributed by atoms with Gasteiger partial charge >= 0.3 is 0 Å². The molecule has 4 aliphatic rings. The Morgan fingerprint density at radius 2 is 1.80 bits per heavy atom. The molecule has 3 aliphatic carbocycles. The fraction of sp³-hybridized carbons (Fsp3) is 0.609. The number of ether oxygens (including phenoxy) is 3. The first-order valence-electron chi connectivity index (χ1n) is 11.0. The molecule has 0 amide bonds. The molecule has 1 aliphatic heterocycles. The lowest BCUT2D eigenvalue weighted by Crippen LogP contribution is -2.28. The van der Waals surface area contributed by atoms with Gasteiger partial charge in [0.15, 0.2) is 12.1 Å². The maximum absolute atomic E-state index is 6.44. The fourth-order valence-corrected chi connectivity index (χ4v) is 6.16. The van der Waals surface area contributed by atoms with E-state index in [0.717, 1.165) is 48.8 Å². The minimum absolute atomic E-state index is 0.336. The van der Waals surface area contributed by atoms with Crippen LogP contribution in [0.1, 0.15) is 62.2 Å². The van der Waals surface area contributed by atoms with Crippen molar-refractivity contribution in [2.75, 3.05) is 6.61 Å². The Morgan fingerprint density at radius 3 is 2.50 bits per heavy atom. The quantitative estimate of drug-likeness (QED) is 0.534. The minimum atomic E-state index is -0.441. The molecule has 2 heterocycles. The Labute approximate surface area is 185 Å². The molecule has 1 saturated heterocycles. The summed E-state index contributed by atoms with van der Waals surface area (Å²) in [7, 11) is 0. The number of aromatic nitrogens is 1. The van der Waals surface area contributed by atoms with Crippen LogP contribution < -0.4 is 0 Å². The lowest BCUT2D eigenvalue weighted by atomic mass is 10.0. The van der Waals surface area contributed by atoms with Gasteiger partial charge in [-0.15, -0.1) is 0 Å². The third kappa shape index (κ3) is 3.39. The molecule has 6 rings (SSSR count). The second-order valence-corrected chi connectivity index (χ2v) is 10.00. The number of fused-ring (bicyclic) bond motifs is 1. The molecule has 0 bridgehead atoms. The van der Waals surface area contributed by atoms with Crippen LogP contribution in [0.15, 0.2) is 22.7 Å². The first-order valence-corrected chi connectivity index (χ1v) is 11.7. The topological polar surface area (TPSA) is 53.7 Å². The van der Waals surface area contributed by atoms with Crippen molar-refractivity contribution >= 4 is 23.2 Å². The highest BCUT2D eigenvalue weighted by atomic mass is 35.5. The first-order chi connectivity index (χ1) is 14.6. The summed E-state index contributed by atoms with van der Waals surface area (Å²) in [5, 5.41) is 5.43. The molecule has 160 valence electrons. The number of nitrogens with zero attached hydrogens (tertiary/aromatic N) is 1. The second kappa shape index (κ2) is 7.49. The third-order valence-corrected chi connectivity index (χ3v) is 7.80. The molecular formula is C23H25Cl2NO4. The van der Waals surface area contributed by atoms with Crippen molar-refractivity contribution in [1.82, 2.24) is 5.16 Å². The van der Waals surface area contributed by atoms with Crippen LogP contribution in [0.3, 0.4) is 0 Å². The van der Waals surface area contributed by atoms with Crippen molar-refractivity contribution in [2.24, 2.45) is 11.8 Å². The predicted molar refractivity (Wildman–Crippen MR) is 112 cm³/mol. The Bertz CT molecular complexity index is 924. The molecule has 0 N–H and O–H groups in total. The monoisotopic (exact) mass is 449 g/mol. The molecule has 7 heteroatoms.